The molecule has 2 bridgehead atoms. The van der Waals surface area contributed by atoms with Gasteiger partial charge >= 0.3 is 0 Å². The standard InChI is InChI=1S/C12H13NO/c1-7-2-3-9-10(4-7)8-5-11(9)13-12(14)6-8/h2-4,8,11H,5-6H2,1H3,(H,13,14). The molecule has 0 spiro atoms. The van der Waals surface area contributed by atoms with Gasteiger partial charge in [0.2, 0.25) is 5.91 Å². The van der Waals surface area contributed by atoms with Crippen molar-refractivity contribution in [1.29, 1.82) is 0 Å². The Hall–Kier alpha value is -1.31. The Balaban J connectivity index is 2.13. The SMILES string of the molecule is Cc1ccc2c(c1)C1CC(=O)NC2C1. The Morgan fingerprint density at radius 2 is 2.21 bits per heavy atom. The Kier molecular flexibility index (Phi) is 1.49. The number of rotatable bonds is 0. The maximum Gasteiger partial charge on any atom is 0.221 e. The number of carbonyl (C=O) groups excluding carboxylic acids is 1. The van der Waals surface area contributed by atoms with E-state index < -0.39 is 0 Å². The van der Waals surface area contributed by atoms with Gasteiger partial charge in [-0.25, -0.2) is 0 Å². The number of hydrogen-bond acceptors (Lipinski definition) is 1. The predicted octanol–water partition coefficient (Wildman–Crippen LogP) is 2.04. The fraction of sp³-hybridized carbons (Fsp3) is 0.417. The second kappa shape index (κ2) is 2.59. The summed E-state index contributed by atoms with van der Waals surface area (Å²) < 4.78 is 0. The zero-order chi connectivity index (χ0) is 9.71. The Morgan fingerprint density at radius 3 is 3.07 bits per heavy atom. The van der Waals surface area contributed by atoms with Crippen LogP contribution < -0.4 is 5.32 Å². The first-order chi connectivity index (χ1) is 6.74. The van der Waals surface area contributed by atoms with Crippen molar-refractivity contribution < 1.29 is 4.79 Å². The van der Waals surface area contributed by atoms with Crippen molar-refractivity contribution in [2.45, 2.75) is 31.7 Å². The number of piperidine rings is 1. The summed E-state index contributed by atoms with van der Waals surface area (Å²) in [5.41, 5.74) is 4.03. The second-order valence-electron chi connectivity index (χ2n) is 4.39. The molecule has 0 saturated carbocycles. The van der Waals surface area contributed by atoms with Crippen LogP contribution in [0.2, 0.25) is 0 Å². The minimum atomic E-state index is 0.208. The highest BCUT2D eigenvalue weighted by atomic mass is 16.1. The topological polar surface area (TPSA) is 29.1 Å². The summed E-state index contributed by atoms with van der Waals surface area (Å²) in [5, 5.41) is 3.04. The second-order valence-corrected chi connectivity index (χ2v) is 4.39. The largest absolute Gasteiger partial charge is 0.349 e. The van der Waals surface area contributed by atoms with Gasteiger partial charge in [-0.1, -0.05) is 23.8 Å². The van der Waals surface area contributed by atoms with Crippen LogP contribution in [0.4, 0.5) is 0 Å². The van der Waals surface area contributed by atoms with Gasteiger partial charge in [0.25, 0.3) is 0 Å². The number of amides is 1. The molecule has 1 N–H and O–H groups in total. The number of aryl methyl sites for hydroxylation is 1. The molecule has 1 saturated heterocycles. The molecule has 1 aliphatic heterocycles. The van der Waals surface area contributed by atoms with Crippen LogP contribution in [-0.2, 0) is 4.79 Å². The third-order valence-electron chi connectivity index (χ3n) is 3.34. The van der Waals surface area contributed by atoms with Crippen molar-refractivity contribution in [3.8, 4) is 0 Å². The summed E-state index contributed by atoms with van der Waals surface area (Å²) >= 11 is 0. The molecule has 14 heavy (non-hydrogen) atoms. The summed E-state index contributed by atoms with van der Waals surface area (Å²) in [6, 6.07) is 6.82. The summed E-state index contributed by atoms with van der Waals surface area (Å²) in [5.74, 6) is 0.684. The average molecular weight is 187 g/mol. The average Bonchev–Trinajstić information content (AvgIpc) is 2.39. The molecular weight excluding hydrogens is 174 g/mol. The molecule has 2 atom stereocenters. The van der Waals surface area contributed by atoms with Crippen LogP contribution >= 0.6 is 0 Å². The predicted molar refractivity (Wildman–Crippen MR) is 54.0 cm³/mol. The van der Waals surface area contributed by atoms with E-state index in [0.29, 0.717) is 12.3 Å². The molecule has 72 valence electrons. The molecule has 2 aliphatic rings. The zero-order valence-corrected chi connectivity index (χ0v) is 8.21. The molecule has 0 aromatic heterocycles. The third kappa shape index (κ3) is 0.999. The van der Waals surface area contributed by atoms with Gasteiger partial charge < -0.3 is 5.32 Å². The van der Waals surface area contributed by atoms with Crippen LogP contribution in [-0.4, -0.2) is 5.91 Å². The molecule has 1 aromatic carbocycles. The van der Waals surface area contributed by atoms with Gasteiger partial charge in [-0.3, -0.25) is 4.79 Å². The Labute approximate surface area is 83.3 Å². The highest BCUT2D eigenvalue weighted by molar-refractivity contribution is 5.80. The van der Waals surface area contributed by atoms with E-state index in [2.05, 4.69) is 30.4 Å². The van der Waals surface area contributed by atoms with E-state index in [1.165, 1.54) is 16.7 Å². The lowest BCUT2D eigenvalue weighted by Crippen LogP contribution is -2.31. The number of fused-ring (bicyclic) bond motifs is 5. The van der Waals surface area contributed by atoms with Gasteiger partial charge in [0.15, 0.2) is 0 Å². The maximum atomic E-state index is 11.4. The normalized spacial score (nSPS) is 28.5. The number of benzene rings is 1. The minimum Gasteiger partial charge on any atom is -0.349 e. The lowest BCUT2D eigenvalue weighted by molar-refractivity contribution is -0.123. The Bertz CT molecular complexity index is 411. The first-order valence-corrected chi connectivity index (χ1v) is 5.14. The summed E-state index contributed by atoms with van der Waals surface area (Å²) in [6.45, 7) is 2.11. The van der Waals surface area contributed by atoms with E-state index in [4.69, 9.17) is 0 Å². The van der Waals surface area contributed by atoms with Crippen LogP contribution in [0, 0.1) is 6.92 Å². The third-order valence-corrected chi connectivity index (χ3v) is 3.34. The van der Waals surface area contributed by atoms with Gasteiger partial charge in [-0.15, -0.1) is 0 Å². The molecular formula is C12H13NO. The van der Waals surface area contributed by atoms with Gasteiger partial charge in [0, 0.05) is 6.42 Å². The highest BCUT2D eigenvalue weighted by Crippen LogP contribution is 2.45. The smallest absolute Gasteiger partial charge is 0.221 e. The minimum absolute atomic E-state index is 0.208. The summed E-state index contributed by atoms with van der Waals surface area (Å²) in [7, 11) is 0. The van der Waals surface area contributed by atoms with Crippen molar-refractivity contribution >= 4 is 5.91 Å². The van der Waals surface area contributed by atoms with Crippen molar-refractivity contribution in [2.75, 3.05) is 0 Å². The van der Waals surface area contributed by atoms with Gasteiger partial charge in [0.1, 0.15) is 0 Å². The molecule has 0 radical (unpaired) electrons. The quantitative estimate of drug-likeness (QED) is 0.661. The van der Waals surface area contributed by atoms with E-state index in [-0.39, 0.29) is 11.9 Å². The van der Waals surface area contributed by atoms with Gasteiger partial charge in [-0.2, -0.15) is 0 Å². The molecule has 3 rings (SSSR count). The van der Waals surface area contributed by atoms with E-state index in [1.54, 1.807) is 0 Å². The maximum absolute atomic E-state index is 11.4. The molecule has 1 aliphatic carbocycles. The molecule has 2 nitrogen and oxygen atoms in total. The van der Waals surface area contributed by atoms with Crippen molar-refractivity contribution in [3.05, 3.63) is 34.9 Å². The summed E-state index contributed by atoms with van der Waals surface area (Å²) in [4.78, 5) is 11.4. The molecule has 1 heterocycles. The van der Waals surface area contributed by atoms with Crippen molar-refractivity contribution in [3.63, 3.8) is 0 Å². The van der Waals surface area contributed by atoms with Crippen LogP contribution in [0.1, 0.15) is 41.5 Å². The number of carbonyl (C=O) groups is 1. The van der Waals surface area contributed by atoms with Crippen molar-refractivity contribution in [2.24, 2.45) is 0 Å². The number of hydrogen-bond donors (Lipinski definition) is 1. The monoisotopic (exact) mass is 187 g/mol. The van der Waals surface area contributed by atoms with Crippen LogP contribution in [0.15, 0.2) is 18.2 Å². The zero-order valence-electron chi connectivity index (χ0n) is 8.21. The Morgan fingerprint density at radius 1 is 1.36 bits per heavy atom. The van der Waals surface area contributed by atoms with Crippen LogP contribution in [0.5, 0.6) is 0 Å². The molecule has 2 heteroatoms. The van der Waals surface area contributed by atoms with E-state index in [0.717, 1.165) is 6.42 Å². The lowest BCUT2D eigenvalue weighted by Gasteiger charge is -2.19. The van der Waals surface area contributed by atoms with E-state index in [1.807, 2.05) is 0 Å². The summed E-state index contributed by atoms with van der Waals surface area (Å²) in [6.07, 6.45) is 1.78. The number of nitrogens with one attached hydrogen (secondary N) is 1. The van der Waals surface area contributed by atoms with E-state index >= 15 is 0 Å². The molecule has 1 fully saturated rings. The molecule has 2 unspecified atom stereocenters. The van der Waals surface area contributed by atoms with Gasteiger partial charge in [-0.05, 0) is 30.4 Å². The van der Waals surface area contributed by atoms with E-state index in [9.17, 15) is 4.79 Å². The first-order valence-electron chi connectivity index (χ1n) is 5.14. The lowest BCUT2D eigenvalue weighted by atomic mass is 9.95. The van der Waals surface area contributed by atoms with Gasteiger partial charge in [0.05, 0.1) is 6.04 Å². The van der Waals surface area contributed by atoms with Crippen LogP contribution in [0.3, 0.4) is 0 Å². The molecule has 1 amide bonds. The highest BCUT2D eigenvalue weighted by Gasteiger charge is 2.37. The van der Waals surface area contributed by atoms with Crippen LogP contribution in [0.25, 0.3) is 0 Å². The van der Waals surface area contributed by atoms with Crippen molar-refractivity contribution in [1.82, 2.24) is 5.32 Å². The fourth-order valence-corrected chi connectivity index (χ4v) is 2.71. The molecule has 1 aromatic rings. The fourth-order valence-electron chi connectivity index (χ4n) is 2.71. The first kappa shape index (κ1) is 8.04.